The Morgan fingerprint density at radius 1 is 0.857 bits per heavy atom. The van der Waals surface area contributed by atoms with E-state index in [0.29, 0.717) is 17.4 Å². The highest BCUT2D eigenvalue weighted by molar-refractivity contribution is 8.18. The molecule has 3 aromatic carbocycles. The number of rotatable bonds is 5. The summed E-state index contributed by atoms with van der Waals surface area (Å²) in [5, 5.41) is 3.43. The zero-order valence-electron chi connectivity index (χ0n) is 19.7. The fraction of sp³-hybridized carbons (Fsp3) is 0.267. The van der Waals surface area contributed by atoms with Crippen molar-refractivity contribution in [2.75, 3.05) is 6.54 Å². The first-order valence-corrected chi connectivity index (χ1v) is 13.3. The average molecular weight is 481 g/mol. The molecular weight excluding hydrogens is 452 g/mol. The van der Waals surface area contributed by atoms with Gasteiger partial charge in [0.25, 0.3) is 11.1 Å². The minimum absolute atomic E-state index is 0.133. The van der Waals surface area contributed by atoms with Crippen LogP contribution in [0.2, 0.25) is 0 Å². The van der Waals surface area contributed by atoms with Crippen molar-refractivity contribution < 1.29 is 9.59 Å². The minimum Gasteiger partial charge on any atom is -0.342 e. The Balaban J connectivity index is 1.32. The van der Waals surface area contributed by atoms with Gasteiger partial charge in [0, 0.05) is 35.8 Å². The number of thioether (sulfide) groups is 1. The van der Waals surface area contributed by atoms with Crippen LogP contribution < -0.4 is 0 Å². The van der Waals surface area contributed by atoms with Crippen molar-refractivity contribution >= 4 is 50.7 Å². The molecule has 1 aliphatic carbocycles. The zero-order chi connectivity index (χ0) is 23.8. The van der Waals surface area contributed by atoms with Crippen LogP contribution in [0.4, 0.5) is 4.79 Å². The maximum atomic E-state index is 13.2. The average Bonchev–Trinajstić information content (AvgIpc) is 3.37. The molecule has 0 N–H and O–H groups in total. The summed E-state index contributed by atoms with van der Waals surface area (Å²) in [5.41, 5.74) is 3.35. The van der Waals surface area contributed by atoms with E-state index in [2.05, 4.69) is 65.4 Å². The van der Waals surface area contributed by atoms with Crippen molar-refractivity contribution in [3.63, 3.8) is 0 Å². The summed E-state index contributed by atoms with van der Waals surface area (Å²) in [4.78, 5) is 27.9. The van der Waals surface area contributed by atoms with E-state index >= 15 is 0 Å². The summed E-state index contributed by atoms with van der Waals surface area (Å²) in [6.45, 7) is 1.30. The molecule has 6 rings (SSSR count). The number of carbonyl (C=O) groups is 2. The van der Waals surface area contributed by atoms with Crippen molar-refractivity contribution in [3.05, 3.63) is 89.0 Å². The normalized spacial score (nSPS) is 18.4. The third-order valence-electron chi connectivity index (χ3n) is 7.37. The lowest BCUT2D eigenvalue weighted by molar-refractivity contribution is -0.123. The Hall–Kier alpha value is -3.31. The molecule has 4 nitrogen and oxygen atoms in total. The standard InChI is InChI=1S/C30H28N2O2S/c33-29-28(35-30(34)32(29)18-21-9-2-1-3-10-21)17-24-20-31(27-16-7-6-15-26(24)27)19-23-13-8-12-22-11-4-5-14-25(22)23/h4-8,11-17,20-21H,1-3,9-10,18-19H2/b28-17+. The van der Waals surface area contributed by atoms with Crippen molar-refractivity contribution in [3.8, 4) is 0 Å². The molecule has 0 atom stereocenters. The van der Waals surface area contributed by atoms with Crippen LogP contribution in [-0.2, 0) is 11.3 Å². The monoisotopic (exact) mass is 480 g/mol. The smallest absolute Gasteiger partial charge is 0.293 e. The first kappa shape index (κ1) is 22.2. The number of hydrogen-bond donors (Lipinski definition) is 0. The highest BCUT2D eigenvalue weighted by Gasteiger charge is 2.36. The van der Waals surface area contributed by atoms with Gasteiger partial charge in [-0.15, -0.1) is 0 Å². The molecule has 0 radical (unpaired) electrons. The van der Waals surface area contributed by atoms with Crippen LogP contribution in [0.5, 0.6) is 0 Å². The van der Waals surface area contributed by atoms with Crippen LogP contribution in [0.1, 0.15) is 43.2 Å². The van der Waals surface area contributed by atoms with E-state index in [-0.39, 0.29) is 11.1 Å². The van der Waals surface area contributed by atoms with Gasteiger partial charge in [0.2, 0.25) is 0 Å². The van der Waals surface area contributed by atoms with Gasteiger partial charge < -0.3 is 4.57 Å². The lowest BCUT2D eigenvalue weighted by Gasteiger charge is -2.25. The van der Waals surface area contributed by atoms with E-state index in [4.69, 9.17) is 0 Å². The number of carbonyl (C=O) groups excluding carboxylic acids is 2. The number of benzene rings is 3. The molecule has 2 aliphatic rings. The van der Waals surface area contributed by atoms with E-state index in [0.717, 1.165) is 47.6 Å². The molecule has 4 aromatic rings. The van der Waals surface area contributed by atoms with Gasteiger partial charge >= 0.3 is 0 Å². The number of aromatic nitrogens is 1. The maximum absolute atomic E-state index is 13.2. The lowest BCUT2D eigenvalue weighted by Crippen LogP contribution is -2.34. The van der Waals surface area contributed by atoms with E-state index < -0.39 is 0 Å². The number of hydrogen-bond acceptors (Lipinski definition) is 3. The molecule has 1 saturated heterocycles. The van der Waals surface area contributed by atoms with Crippen LogP contribution in [0.15, 0.2) is 77.8 Å². The molecule has 1 aromatic heterocycles. The van der Waals surface area contributed by atoms with Gasteiger partial charge in [-0.3, -0.25) is 14.5 Å². The predicted molar refractivity (Wildman–Crippen MR) is 144 cm³/mol. The van der Waals surface area contributed by atoms with Crippen molar-refractivity contribution in [1.82, 2.24) is 9.47 Å². The van der Waals surface area contributed by atoms with Gasteiger partial charge in [-0.1, -0.05) is 79.9 Å². The van der Waals surface area contributed by atoms with Gasteiger partial charge in [-0.05, 0) is 59.0 Å². The highest BCUT2D eigenvalue weighted by Crippen LogP contribution is 2.36. The molecule has 2 heterocycles. The minimum atomic E-state index is -0.142. The zero-order valence-corrected chi connectivity index (χ0v) is 20.5. The van der Waals surface area contributed by atoms with Crippen molar-refractivity contribution in [2.24, 2.45) is 5.92 Å². The SMILES string of the molecule is O=C1S/C(=C/c2cn(Cc3cccc4ccccc34)c3ccccc23)C(=O)N1CC1CCCCC1. The topological polar surface area (TPSA) is 42.3 Å². The largest absolute Gasteiger partial charge is 0.342 e. The molecule has 0 unspecified atom stereocenters. The number of amides is 2. The Bertz CT molecular complexity index is 1460. The van der Waals surface area contributed by atoms with Crippen LogP contribution in [0.3, 0.4) is 0 Å². The number of imide groups is 1. The summed E-state index contributed by atoms with van der Waals surface area (Å²) >= 11 is 1.08. The van der Waals surface area contributed by atoms with Gasteiger partial charge in [0.15, 0.2) is 0 Å². The molecule has 1 saturated carbocycles. The van der Waals surface area contributed by atoms with Gasteiger partial charge in [-0.25, -0.2) is 0 Å². The van der Waals surface area contributed by atoms with Crippen LogP contribution in [0, 0.1) is 5.92 Å². The molecule has 2 amide bonds. The fourth-order valence-corrected chi connectivity index (χ4v) is 6.40. The van der Waals surface area contributed by atoms with Gasteiger partial charge in [-0.2, -0.15) is 0 Å². The Morgan fingerprint density at radius 2 is 1.60 bits per heavy atom. The molecule has 2 fully saturated rings. The fourth-order valence-electron chi connectivity index (χ4n) is 5.56. The first-order valence-electron chi connectivity index (χ1n) is 12.5. The van der Waals surface area contributed by atoms with Crippen molar-refractivity contribution in [2.45, 2.75) is 38.6 Å². The summed E-state index contributed by atoms with van der Waals surface area (Å²) in [6.07, 6.45) is 9.92. The predicted octanol–water partition coefficient (Wildman–Crippen LogP) is 7.46. The van der Waals surface area contributed by atoms with Crippen LogP contribution >= 0.6 is 11.8 Å². The first-order chi connectivity index (χ1) is 17.2. The van der Waals surface area contributed by atoms with E-state index in [1.807, 2.05) is 18.2 Å². The second-order valence-corrected chi connectivity index (χ2v) is 10.7. The van der Waals surface area contributed by atoms with Crippen LogP contribution in [-0.4, -0.2) is 27.2 Å². The maximum Gasteiger partial charge on any atom is 0.293 e. The Kier molecular flexibility index (Phi) is 5.95. The molecular formula is C30H28N2O2S. The molecule has 35 heavy (non-hydrogen) atoms. The number of nitrogens with zero attached hydrogens (tertiary/aromatic N) is 2. The molecule has 0 spiro atoms. The van der Waals surface area contributed by atoms with Crippen LogP contribution in [0.25, 0.3) is 27.8 Å². The van der Waals surface area contributed by atoms with E-state index in [1.165, 1.54) is 40.5 Å². The summed E-state index contributed by atoms with van der Waals surface area (Å²) in [7, 11) is 0. The summed E-state index contributed by atoms with van der Waals surface area (Å²) < 4.78 is 2.25. The quantitative estimate of drug-likeness (QED) is 0.278. The number of fused-ring (bicyclic) bond motifs is 2. The van der Waals surface area contributed by atoms with Gasteiger partial charge in [0.1, 0.15) is 0 Å². The second-order valence-electron chi connectivity index (χ2n) is 9.66. The van der Waals surface area contributed by atoms with E-state index in [1.54, 1.807) is 0 Å². The third-order valence-corrected chi connectivity index (χ3v) is 8.27. The highest BCUT2D eigenvalue weighted by atomic mass is 32.2. The Morgan fingerprint density at radius 3 is 2.46 bits per heavy atom. The Labute approximate surface area is 209 Å². The molecule has 1 aliphatic heterocycles. The second kappa shape index (κ2) is 9.38. The molecule has 0 bridgehead atoms. The summed E-state index contributed by atoms with van der Waals surface area (Å²) in [6, 6.07) is 23.1. The van der Waals surface area contributed by atoms with E-state index in [9.17, 15) is 9.59 Å². The molecule has 5 heteroatoms. The lowest BCUT2D eigenvalue weighted by atomic mass is 9.89. The van der Waals surface area contributed by atoms with Crippen molar-refractivity contribution in [1.29, 1.82) is 0 Å². The third kappa shape index (κ3) is 4.30. The molecule has 176 valence electrons. The summed E-state index contributed by atoms with van der Waals surface area (Å²) in [5.74, 6) is 0.302. The number of para-hydroxylation sites is 1. The van der Waals surface area contributed by atoms with Gasteiger partial charge in [0.05, 0.1) is 4.91 Å².